The maximum absolute atomic E-state index is 10.8. The second-order valence-electron chi connectivity index (χ2n) is 2.95. The Morgan fingerprint density at radius 1 is 1.50 bits per heavy atom. The van der Waals surface area contributed by atoms with E-state index in [4.69, 9.17) is 0 Å². The van der Waals surface area contributed by atoms with E-state index in [1.54, 1.807) is 0 Å². The number of hydrogen-bond acceptors (Lipinski definition) is 2. The van der Waals surface area contributed by atoms with Crippen molar-refractivity contribution in [2.75, 3.05) is 12.0 Å². The highest BCUT2D eigenvalue weighted by molar-refractivity contribution is 7.90. The van der Waals surface area contributed by atoms with Crippen LogP contribution in [0.4, 0.5) is 0 Å². The minimum absolute atomic E-state index is 0.196. The summed E-state index contributed by atoms with van der Waals surface area (Å²) in [4.78, 5) is 0. The van der Waals surface area contributed by atoms with Gasteiger partial charge in [-0.15, -0.1) is 0 Å². The topological polar surface area (TPSA) is 43.0 Å². The van der Waals surface area contributed by atoms with Crippen LogP contribution >= 0.6 is 0 Å². The van der Waals surface area contributed by atoms with E-state index >= 15 is 0 Å². The van der Waals surface area contributed by atoms with Gasteiger partial charge in [0.2, 0.25) is 6.33 Å². The molecule has 1 aromatic rings. The van der Waals surface area contributed by atoms with E-state index in [1.807, 2.05) is 34.9 Å². The monoisotopic (exact) mass is 189 g/mol. The summed E-state index contributed by atoms with van der Waals surface area (Å²) in [6, 6.07) is 0. The first-order valence-electron chi connectivity index (χ1n) is 3.66. The molecule has 0 radical (unpaired) electrons. The van der Waals surface area contributed by atoms with Crippen LogP contribution in [-0.2, 0) is 23.4 Å². The van der Waals surface area contributed by atoms with Crippen LogP contribution < -0.4 is 4.57 Å². The SMILES string of the molecule is C[n+]1ccn(CCS(C)(=O)=O)c1. The molecule has 0 N–H and O–H groups in total. The largest absolute Gasteiger partial charge is 0.243 e. The highest BCUT2D eigenvalue weighted by Crippen LogP contribution is 1.88. The van der Waals surface area contributed by atoms with Gasteiger partial charge in [-0.1, -0.05) is 0 Å². The third kappa shape index (κ3) is 3.04. The first-order chi connectivity index (χ1) is 5.47. The molecule has 0 atom stereocenters. The molecule has 0 amide bonds. The van der Waals surface area contributed by atoms with Gasteiger partial charge in [-0.05, 0) is 0 Å². The van der Waals surface area contributed by atoms with E-state index in [9.17, 15) is 8.42 Å². The van der Waals surface area contributed by atoms with Gasteiger partial charge in [0, 0.05) is 6.26 Å². The Balaban J connectivity index is 2.55. The second-order valence-corrected chi connectivity index (χ2v) is 5.21. The summed E-state index contributed by atoms with van der Waals surface area (Å²) in [5.74, 6) is 0.196. The minimum Gasteiger partial charge on any atom is -0.240 e. The lowest BCUT2D eigenvalue weighted by molar-refractivity contribution is -0.671. The summed E-state index contributed by atoms with van der Waals surface area (Å²) < 4.78 is 25.3. The van der Waals surface area contributed by atoms with Crippen molar-refractivity contribution in [3.63, 3.8) is 0 Å². The Morgan fingerprint density at radius 2 is 2.17 bits per heavy atom. The average Bonchev–Trinajstić information content (AvgIpc) is 2.30. The van der Waals surface area contributed by atoms with Crippen molar-refractivity contribution in [3.05, 3.63) is 18.7 Å². The van der Waals surface area contributed by atoms with Gasteiger partial charge in [0.1, 0.15) is 18.9 Å². The number of aromatic nitrogens is 2. The summed E-state index contributed by atoms with van der Waals surface area (Å²) in [5, 5.41) is 0. The Kier molecular flexibility index (Phi) is 2.52. The predicted octanol–water partition coefficient (Wildman–Crippen LogP) is -0.643. The highest BCUT2D eigenvalue weighted by atomic mass is 32.2. The smallest absolute Gasteiger partial charge is 0.240 e. The number of sulfone groups is 1. The summed E-state index contributed by atoms with van der Waals surface area (Å²) >= 11 is 0. The Morgan fingerprint density at radius 3 is 2.58 bits per heavy atom. The summed E-state index contributed by atoms with van der Waals surface area (Å²) in [7, 11) is -0.943. The van der Waals surface area contributed by atoms with Gasteiger partial charge < -0.3 is 0 Å². The third-order valence-electron chi connectivity index (χ3n) is 1.54. The molecule has 0 aliphatic rings. The first kappa shape index (κ1) is 9.25. The van der Waals surface area contributed by atoms with Crippen molar-refractivity contribution in [1.82, 2.24) is 4.57 Å². The van der Waals surface area contributed by atoms with E-state index < -0.39 is 9.84 Å². The quantitative estimate of drug-likeness (QED) is 0.593. The normalized spacial score (nSPS) is 11.8. The molecule has 1 rings (SSSR count). The summed E-state index contributed by atoms with van der Waals surface area (Å²) in [6.07, 6.45) is 6.83. The molecule has 0 bridgehead atoms. The van der Waals surface area contributed by atoms with E-state index in [0.29, 0.717) is 6.54 Å². The zero-order chi connectivity index (χ0) is 9.19. The molecule has 0 saturated heterocycles. The zero-order valence-corrected chi connectivity index (χ0v) is 8.08. The first-order valence-corrected chi connectivity index (χ1v) is 5.72. The molecule has 5 heteroatoms. The van der Waals surface area contributed by atoms with Crippen LogP contribution in [0.15, 0.2) is 18.7 Å². The van der Waals surface area contributed by atoms with E-state index in [2.05, 4.69) is 0 Å². The molecule has 0 spiro atoms. The number of aryl methyl sites for hydroxylation is 2. The van der Waals surface area contributed by atoms with Crippen LogP contribution in [0, 0.1) is 0 Å². The van der Waals surface area contributed by atoms with Crippen LogP contribution in [0.1, 0.15) is 0 Å². The highest BCUT2D eigenvalue weighted by Gasteiger charge is 2.05. The molecular weight excluding hydrogens is 176 g/mol. The van der Waals surface area contributed by atoms with Crippen LogP contribution in [-0.4, -0.2) is 25.0 Å². The van der Waals surface area contributed by atoms with Crippen molar-refractivity contribution in [3.8, 4) is 0 Å². The van der Waals surface area contributed by atoms with Crippen molar-refractivity contribution in [1.29, 1.82) is 0 Å². The number of nitrogens with zero attached hydrogens (tertiary/aromatic N) is 2. The number of imidazole rings is 1. The van der Waals surface area contributed by atoms with Gasteiger partial charge in [0.15, 0.2) is 9.84 Å². The predicted molar refractivity (Wildman–Crippen MR) is 45.3 cm³/mol. The molecule has 0 aromatic carbocycles. The van der Waals surface area contributed by atoms with Crippen molar-refractivity contribution in [2.24, 2.45) is 7.05 Å². The summed E-state index contributed by atoms with van der Waals surface area (Å²) in [6.45, 7) is 0.527. The molecule has 0 saturated carbocycles. The van der Waals surface area contributed by atoms with Crippen LogP contribution in [0.2, 0.25) is 0 Å². The van der Waals surface area contributed by atoms with Gasteiger partial charge in [0.25, 0.3) is 0 Å². The number of rotatable bonds is 3. The lowest BCUT2D eigenvalue weighted by atomic mass is 10.7. The van der Waals surface area contributed by atoms with Crippen LogP contribution in [0.25, 0.3) is 0 Å². The lowest BCUT2D eigenvalue weighted by Gasteiger charge is -1.93. The maximum Gasteiger partial charge on any atom is 0.243 e. The van der Waals surface area contributed by atoms with Crippen molar-refractivity contribution < 1.29 is 13.0 Å². The fourth-order valence-electron chi connectivity index (χ4n) is 0.905. The fraction of sp³-hybridized carbons (Fsp3) is 0.571. The molecule has 68 valence electrons. The molecule has 1 aromatic heterocycles. The standard InChI is InChI=1S/C7H13N2O2S/c1-8-3-4-9(7-8)5-6-12(2,10)11/h3-4,7H,5-6H2,1-2H3/q+1. The lowest BCUT2D eigenvalue weighted by Crippen LogP contribution is -2.24. The third-order valence-corrected chi connectivity index (χ3v) is 2.47. The van der Waals surface area contributed by atoms with Gasteiger partial charge in [0.05, 0.1) is 12.8 Å². The average molecular weight is 189 g/mol. The molecule has 0 fully saturated rings. The minimum atomic E-state index is -2.84. The van der Waals surface area contributed by atoms with Gasteiger partial charge in [-0.3, -0.25) is 0 Å². The molecule has 4 nitrogen and oxygen atoms in total. The molecular formula is C7H13N2O2S+. The summed E-state index contributed by atoms with van der Waals surface area (Å²) in [5.41, 5.74) is 0. The van der Waals surface area contributed by atoms with E-state index in [1.165, 1.54) is 6.26 Å². The van der Waals surface area contributed by atoms with Crippen molar-refractivity contribution >= 4 is 9.84 Å². The zero-order valence-electron chi connectivity index (χ0n) is 7.27. The molecule has 1 heterocycles. The van der Waals surface area contributed by atoms with Crippen LogP contribution in [0.3, 0.4) is 0 Å². The Hall–Kier alpha value is -0.840. The molecule has 0 unspecified atom stereocenters. The Bertz CT molecular complexity index is 353. The van der Waals surface area contributed by atoms with Gasteiger partial charge >= 0.3 is 0 Å². The molecule has 0 aliphatic heterocycles. The van der Waals surface area contributed by atoms with Crippen LogP contribution in [0.5, 0.6) is 0 Å². The number of hydrogen-bond donors (Lipinski definition) is 0. The van der Waals surface area contributed by atoms with Gasteiger partial charge in [-0.2, -0.15) is 0 Å². The van der Waals surface area contributed by atoms with Gasteiger partial charge in [-0.25, -0.2) is 17.6 Å². The van der Waals surface area contributed by atoms with E-state index in [-0.39, 0.29) is 5.75 Å². The van der Waals surface area contributed by atoms with Crippen molar-refractivity contribution in [2.45, 2.75) is 6.54 Å². The molecule has 12 heavy (non-hydrogen) atoms. The second kappa shape index (κ2) is 3.26. The van der Waals surface area contributed by atoms with E-state index in [0.717, 1.165) is 0 Å². The maximum atomic E-state index is 10.8. The fourth-order valence-corrected chi connectivity index (χ4v) is 1.45. The molecule has 0 aliphatic carbocycles. The Labute approximate surface area is 72.4 Å².